The fourth-order valence-electron chi connectivity index (χ4n) is 2.84. The highest BCUT2D eigenvalue weighted by Crippen LogP contribution is 2.36. The van der Waals surface area contributed by atoms with Crippen molar-refractivity contribution >= 4 is 5.91 Å². The molecule has 1 aromatic heterocycles. The molecule has 2 aromatic rings. The molecule has 23 heavy (non-hydrogen) atoms. The highest BCUT2D eigenvalue weighted by atomic mass is 16.5. The van der Waals surface area contributed by atoms with E-state index in [1.165, 1.54) is 12.3 Å². The van der Waals surface area contributed by atoms with E-state index in [-0.39, 0.29) is 24.2 Å². The predicted molar refractivity (Wildman–Crippen MR) is 85.3 cm³/mol. The van der Waals surface area contributed by atoms with Gasteiger partial charge in [0.25, 0.3) is 5.69 Å². The van der Waals surface area contributed by atoms with Crippen LogP contribution in [-0.4, -0.2) is 28.6 Å². The zero-order valence-electron chi connectivity index (χ0n) is 12.8. The Kier molecular flexibility index (Phi) is 4.57. The number of hydrogen-bond acceptors (Lipinski definition) is 3. The lowest BCUT2D eigenvalue weighted by atomic mass is 10.1. The third kappa shape index (κ3) is 3.51. The lowest BCUT2D eigenvalue weighted by Crippen LogP contribution is -2.47. The molecular formula is C18H20N2O3. The Morgan fingerprint density at radius 1 is 1.22 bits per heavy atom. The fraction of sp³-hybridized carbons (Fsp3) is 0.333. The molecule has 1 atom stereocenters. The van der Waals surface area contributed by atoms with Crippen molar-refractivity contribution in [3.63, 3.8) is 0 Å². The molecule has 1 saturated carbocycles. The first-order valence-corrected chi connectivity index (χ1v) is 7.84. The maximum Gasteiger partial charge on any atom is 0.320 e. The van der Waals surface area contributed by atoms with E-state index in [1.807, 2.05) is 30.3 Å². The average molecular weight is 312 g/mol. The molecule has 1 aliphatic carbocycles. The normalized spacial score (nSPS) is 15.2. The molecule has 5 nitrogen and oxygen atoms in total. The van der Waals surface area contributed by atoms with E-state index in [1.54, 1.807) is 17.0 Å². The number of aliphatic hydroxyl groups is 1. The van der Waals surface area contributed by atoms with Crippen molar-refractivity contribution < 1.29 is 14.6 Å². The van der Waals surface area contributed by atoms with Crippen LogP contribution in [0.2, 0.25) is 0 Å². The molecule has 1 heterocycles. The molecule has 1 aromatic carbocycles. The number of amides is 1. The quantitative estimate of drug-likeness (QED) is 0.652. The molecule has 0 saturated heterocycles. The van der Waals surface area contributed by atoms with Gasteiger partial charge in [0.2, 0.25) is 0 Å². The van der Waals surface area contributed by atoms with E-state index in [2.05, 4.69) is 0 Å². The second-order valence-electron chi connectivity index (χ2n) is 5.92. The van der Waals surface area contributed by atoms with Crippen LogP contribution in [0, 0.1) is 11.1 Å². The summed E-state index contributed by atoms with van der Waals surface area (Å²) in [5.74, 6) is -0.0214. The number of aliphatic hydroxyl groups excluding tert-OH is 1. The molecule has 5 heteroatoms. The summed E-state index contributed by atoms with van der Waals surface area (Å²) in [5, 5.41) is 21.7. The first kappa shape index (κ1) is 15.5. The second kappa shape index (κ2) is 6.79. The number of carbonyl (C=O) groups is 1. The summed E-state index contributed by atoms with van der Waals surface area (Å²) in [6.07, 6.45) is 3.34. The van der Waals surface area contributed by atoms with E-state index in [0.29, 0.717) is 17.2 Å². The van der Waals surface area contributed by atoms with Crippen LogP contribution in [0.25, 0.3) is 0 Å². The Labute approximate surface area is 135 Å². The molecule has 1 amide bonds. The van der Waals surface area contributed by atoms with Gasteiger partial charge in [-0.05, 0) is 30.4 Å². The van der Waals surface area contributed by atoms with Crippen molar-refractivity contribution in [1.29, 1.82) is 0 Å². The Bertz CT molecular complexity index is 671. The van der Waals surface area contributed by atoms with Crippen LogP contribution < -0.4 is 4.73 Å². The SMILES string of the molecule is O=C(c1cccc[n+]1[O-])N(Cc1ccccc1)C(CO)C1CC1. The lowest BCUT2D eigenvalue weighted by molar-refractivity contribution is -0.608. The topological polar surface area (TPSA) is 67.5 Å². The molecule has 3 rings (SSSR count). The van der Waals surface area contributed by atoms with Crippen LogP contribution in [0.5, 0.6) is 0 Å². The number of carbonyl (C=O) groups excluding carboxylic acids is 1. The Hall–Kier alpha value is -2.40. The lowest BCUT2D eigenvalue weighted by Gasteiger charge is -2.30. The number of aromatic nitrogens is 1. The van der Waals surface area contributed by atoms with Crippen LogP contribution in [-0.2, 0) is 6.54 Å². The minimum Gasteiger partial charge on any atom is -0.618 e. The van der Waals surface area contributed by atoms with Gasteiger partial charge in [-0.1, -0.05) is 30.3 Å². The van der Waals surface area contributed by atoms with Crippen molar-refractivity contribution in [2.75, 3.05) is 6.61 Å². The van der Waals surface area contributed by atoms with Crippen LogP contribution in [0.1, 0.15) is 28.9 Å². The molecule has 0 bridgehead atoms. The standard InChI is InChI=1S/C18H20N2O3/c21-13-17(15-9-10-15)19(12-14-6-2-1-3-7-14)18(22)16-8-4-5-11-20(16)23/h1-8,11,15,17,21H,9-10,12-13H2. The van der Waals surface area contributed by atoms with E-state index in [9.17, 15) is 15.1 Å². The summed E-state index contributed by atoms with van der Waals surface area (Å²) in [5.41, 5.74) is 1.07. The van der Waals surface area contributed by atoms with E-state index < -0.39 is 0 Å². The van der Waals surface area contributed by atoms with E-state index in [0.717, 1.165) is 18.4 Å². The summed E-state index contributed by atoms with van der Waals surface area (Å²) < 4.78 is 0.585. The van der Waals surface area contributed by atoms with Crippen molar-refractivity contribution in [1.82, 2.24) is 4.90 Å². The average Bonchev–Trinajstić information content (AvgIpc) is 3.40. The van der Waals surface area contributed by atoms with Gasteiger partial charge in [-0.2, -0.15) is 4.73 Å². The maximum atomic E-state index is 12.9. The molecule has 0 spiro atoms. The molecular weight excluding hydrogens is 292 g/mol. The molecule has 1 fully saturated rings. The van der Waals surface area contributed by atoms with E-state index in [4.69, 9.17) is 0 Å². The molecule has 0 radical (unpaired) electrons. The smallest absolute Gasteiger partial charge is 0.320 e. The monoisotopic (exact) mass is 312 g/mol. The van der Waals surface area contributed by atoms with Gasteiger partial charge in [-0.15, -0.1) is 0 Å². The fourth-order valence-corrected chi connectivity index (χ4v) is 2.84. The molecule has 1 aliphatic rings. The van der Waals surface area contributed by atoms with Gasteiger partial charge in [-0.3, -0.25) is 4.79 Å². The van der Waals surface area contributed by atoms with Gasteiger partial charge >= 0.3 is 5.91 Å². The number of benzene rings is 1. The largest absolute Gasteiger partial charge is 0.618 e. The highest BCUT2D eigenvalue weighted by molar-refractivity contribution is 5.91. The van der Waals surface area contributed by atoms with Crippen LogP contribution in [0.3, 0.4) is 0 Å². The van der Waals surface area contributed by atoms with Crippen molar-refractivity contribution in [3.05, 3.63) is 71.2 Å². The number of rotatable bonds is 6. The first-order valence-electron chi connectivity index (χ1n) is 7.84. The van der Waals surface area contributed by atoms with Gasteiger partial charge in [0.15, 0.2) is 6.20 Å². The summed E-state index contributed by atoms with van der Waals surface area (Å²) in [4.78, 5) is 14.5. The minimum atomic E-state index is -0.338. The van der Waals surface area contributed by atoms with Crippen molar-refractivity contribution in [2.45, 2.75) is 25.4 Å². The zero-order valence-corrected chi connectivity index (χ0v) is 12.8. The summed E-state index contributed by atoms with van der Waals surface area (Å²) in [7, 11) is 0. The third-order valence-electron chi connectivity index (χ3n) is 4.25. The molecule has 1 unspecified atom stereocenters. The summed E-state index contributed by atoms with van der Waals surface area (Å²) in [6.45, 7) is 0.297. The van der Waals surface area contributed by atoms with Crippen LogP contribution in [0.15, 0.2) is 54.7 Å². The van der Waals surface area contributed by atoms with Gasteiger partial charge < -0.3 is 15.2 Å². The zero-order chi connectivity index (χ0) is 16.2. The van der Waals surface area contributed by atoms with Crippen molar-refractivity contribution in [2.24, 2.45) is 5.92 Å². The first-order chi connectivity index (χ1) is 11.2. The van der Waals surface area contributed by atoms with E-state index >= 15 is 0 Å². The predicted octanol–water partition coefficient (Wildman–Crippen LogP) is 1.73. The van der Waals surface area contributed by atoms with Crippen molar-refractivity contribution in [3.8, 4) is 0 Å². The number of nitrogens with zero attached hydrogens (tertiary/aromatic N) is 2. The minimum absolute atomic E-state index is 0.0857. The summed E-state index contributed by atoms with van der Waals surface area (Å²) >= 11 is 0. The van der Waals surface area contributed by atoms with Crippen LogP contribution in [0.4, 0.5) is 0 Å². The molecule has 1 N–H and O–H groups in total. The van der Waals surface area contributed by atoms with Gasteiger partial charge in [0.1, 0.15) is 0 Å². The summed E-state index contributed by atoms with van der Waals surface area (Å²) in [6, 6.07) is 14.2. The molecule has 120 valence electrons. The van der Waals surface area contributed by atoms with Gasteiger partial charge in [0.05, 0.1) is 12.6 Å². The Morgan fingerprint density at radius 3 is 2.52 bits per heavy atom. The van der Waals surface area contributed by atoms with Gasteiger partial charge in [-0.25, -0.2) is 0 Å². The molecule has 0 aliphatic heterocycles. The second-order valence-corrected chi connectivity index (χ2v) is 5.92. The third-order valence-corrected chi connectivity index (χ3v) is 4.25. The Balaban J connectivity index is 1.91. The highest BCUT2D eigenvalue weighted by Gasteiger charge is 2.39. The van der Waals surface area contributed by atoms with Gasteiger partial charge in [0, 0.05) is 18.7 Å². The van der Waals surface area contributed by atoms with Crippen LogP contribution >= 0.6 is 0 Å². The maximum absolute atomic E-state index is 12.9. The number of hydrogen-bond donors (Lipinski definition) is 1. The number of pyridine rings is 1. The Morgan fingerprint density at radius 2 is 1.91 bits per heavy atom.